The monoisotopic (exact) mass is 545 g/mol. The third kappa shape index (κ3) is 8.27. The third-order valence-corrected chi connectivity index (χ3v) is 6.54. The minimum Gasteiger partial charge on any atom is -0.494 e. The molecule has 210 valence electrons. The lowest BCUT2D eigenvalue weighted by atomic mass is 10.1. The van der Waals surface area contributed by atoms with Crippen LogP contribution >= 0.6 is 0 Å². The zero-order chi connectivity index (χ0) is 28.3. The first-order valence-electron chi connectivity index (χ1n) is 13.5. The maximum absolute atomic E-state index is 11.7. The second-order valence-corrected chi connectivity index (χ2v) is 9.70. The summed E-state index contributed by atoms with van der Waals surface area (Å²) in [4.78, 5) is 24.6. The molecular weight excluding hydrogens is 510 g/mol. The van der Waals surface area contributed by atoms with Crippen molar-refractivity contribution in [3.8, 4) is 17.2 Å². The Morgan fingerprint density at radius 1 is 0.900 bits per heavy atom. The molecule has 0 bridgehead atoms. The number of carboxylic acid groups (broad SMARTS) is 2. The van der Waals surface area contributed by atoms with Crippen LogP contribution < -0.4 is 19.1 Å². The molecule has 3 aromatic carbocycles. The second kappa shape index (κ2) is 14.1. The highest BCUT2D eigenvalue weighted by molar-refractivity contribution is 5.81. The van der Waals surface area contributed by atoms with E-state index in [2.05, 4.69) is 6.92 Å². The van der Waals surface area contributed by atoms with Gasteiger partial charge in [-0.2, -0.15) is 0 Å². The summed E-state index contributed by atoms with van der Waals surface area (Å²) in [6.07, 6.45) is 5.02. The number of hydrogen-bond donors (Lipinski definition) is 2. The highest BCUT2D eigenvalue weighted by Crippen LogP contribution is 2.38. The number of fused-ring (bicyclic) bond motifs is 1. The number of carboxylic acids is 2. The summed E-state index contributed by atoms with van der Waals surface area (Å²) in [5.41, 5.74) is 3.68. The molecule has 0 radical (unpaired) electrons. The van der Waals surface area contributed by atoms with Gasteiger partial charge >= 0.3 is 11.9 Å². The molecule has 2 N–H and O–H groups in total. The van der Waals surface area contributed by atoms with Crippen molar-refractivity contribution in [3.63, 3.8) is 0 Å². The molecule has 0 saturated carbocycles. The van der Waals surface area contributed by atoms with Crippen molar-refractivity contribution in [1.29, 1.82) is 0 Å². The molecule has 1 aliphatic rings. The lowest BCUT2D eigenvalue weighted by Crippen LogP contribution is -2.45. The largest absolute Gasteiger partial charge is 0.494 e. The van der Waals surface area contributed by atoms with Crippen molar-refractivity contribution in [1.82, 2.24) is 0 Å². The fourth-order valence-corrected chi connectivity index (χ4v) is 4.37. The third-order valence-electron chi connectivity index (χ3n) is 6.54. The first-order valence-corrected chi connectivity index (χ1v) is 13.5. The molecule has 1 heterocycles. The molecule has 1 aliphatic heterocycles. The van der Waals surface area contributed by atoms with E-state index in [1.54, 1.807) is 0 Å². The number of benzene rings is 3. The summed E-state index contributed by atoms with van der Waals surface area (Å²) < 4.78 is 17.5. The van der Waals surface area contributed by atoms with Gasteiger partial charge in [-0.05, 0) is 62.1 Å². The van der Waals surface area contributed by atoms with Crippen LogP contribution in [0.4, 0.5) is 5.69 Å². The van der Waals surface area contributed by atoms with E-state index in [-0.39, 0.29) is 13.0 Å². The van der Waals surface area contributed by atoms with Crippen molar-refractivity contribution in [2.24, 2.45) is 0 Å². The molecule has 0 aliphatic carbocycles. The van der Waals surface area contributed by atoms with Gasteiger partial charge in [0.2, 0.25) is 6.10 Å². The average molecular weight is 546 g/mol. The smallest absolute Gasteiger partial charge is 0.346 e. The van der Waals surface area contributed by atoms with E-state index in [0.29, 0.717) is 31.9 Å². The summed E-state index contributed by atoms with van der Waals surface area (Å²) in [5, 5.41) is 18.6. The van der Waals surface area contributed by atoms with Crippen molar-refractivity contribution in [3.05, 3.63) is 83.4 Å². The fraction of sp³-hybridized carbons (Fsp3) is 0.312. The van der Waals surface area contributed by atoms with E-state index in [1.165, 1.54) is 5.56 Å². The summed E-state index contributed by atoms with van der Waals surface area (Å²) in [6.45, 7) is 3.90. The Morgan fingerprint density at radius 2 is 1.55 bits per heavy atom. The summed E-state index contributed by atoms with van der Waals surface area (Å²) in [7, 11) is 0. The number of unbranched alkanes of at least 4 members (excludes halogenated alkanes) is 1. The van der Waals surface area contributed by atoms with Crippen LogP contribution in [0, 0.1) is 6.92 Å². The number of para-hydroxylation sites is 1. The predicted molar refractivity (Wildman–Crippen MR) is 154 cm³/mol. The molecule has 8 nitrogen and oxygen atoms in total. The van der Waals surface area contributed by atoms with E-state index in [0.717, 1.165) is 41.2 Å². The topological polar surface area (TPSA) is 106 Å². The molecule has 40 heavy (non-hydrogen) atoms. The Balaban J connectivity index is 1.30. The van der Waals surface area contributed by atoms with E-state index in [9.17, 15) is 14.7 Å². The van der Waals surface area contributed by atoms with Crippen molar-refractivity contribution in [2.75, 3.05) is 31.2 Å². The van der Waals surface area contributed by atoms with Gasteiger partial charge in [-0.3, -0.25) is 4.79 Å². The number of carbonyl (C=O) groups is 2. The SMILES string of the molecule is Cc1ccc(OCCCCOc2ccc(/C=C/c3cccc4c3OC(C(=O)O)CN4CCCC(=O)O)cc2)cc1. The first-order chi connectivity index (χ1) is 19.4. The number of aryl methyl sites for hydroxylation is 1. The fourth-order valence-electron chi connectivity index (χ4n) is 4.37. The Hall–Kier alpha value is -4.46. The van der Waals surface area contributed by atoms with E-state index in [4.69, 9.17) is 19.3 Å². The number of aliphatic carboxylic acids is 2. The molecule has 0 saturated heterocycles. The molecule has 0 spiro atoms. The average Bonchev–Trinajstić information content (AvgIpc) is 2.95. The van der Waals surface area contributed by atoms with Gasteiger partial charge < -0.3 is 29.3 Å². The van der Waals surface area contributed by atoms with Gasteiger partial charge in [-0.15, -0.1) is 0 Å². The van der Waals surface area contributed by atoms with Crippen LogP contribution in [-0.2, 0) is 9.59 Å². The van der Waals surface area contributed by atoms with Crippen LogP contribution in [0.2, 0.25) is 0 Å². The predicted octanol–water partition coefficient (Wildman–Crippen LogP) is 5.92. The maximum Gasteiger partial charge on any atom is 0.346 e. The molecule has 0 aromatic heterocycles. The lowest BCUT2D eigenvalue weighted by molar-refractivity contribution is -0.145. The van der Waals surface area contributed by atoms with Gasteiger partial charge in [0.25, 0.3) is 0 Å². The molecule has 8 heteroatoms. The molecule has 1 atom stereocenters. The number of nitrogens with zero attached hydrogens (tertiary/aromatic N) is 1. The Bertz CT molecular complexity index is 1300. The van der Waals surface area contributed by atoms with Crippen LogP contribution in [0.1, 0.15) is 42.4 Å². The quantitative estimate of drug-likeness (QED) is 0.190. The van der Waals surface area contributed by atoms with Crippen LogP contribution in [0.15, 0.2) is 66.7 Å². The first kappa shape index (κ1) is 28.5. The zero-order valence-electron chi connectivity index (χ0n) is 22.6. The number of anilines is 1. The van der Waals surface area contributed by atoms with Crippen LogP contribution in [0.3, 0.4) is 0 Å². The number of rotatable bonds is 14. The van der Waals surface area contributed by atoms with Crippen LogP contribution in [0.25, 0.3) is 12.2 Å². The van der Waals surface area contributed by atoms with Gasteiger partial charge in [0.1, 0.15) is 11.5 Å². The van der Waals surface area contributed by atoms with Crippen molar-refractivity contribution in [2.45, 2.75) is 38.7 Å². The zero-order valence-corrected chi connectivity index (χ0v) is 22.6. The minimum absolute atomic E-state index is 0.0200. The molecule has 4 rings (SSSR count). The standard InChI is InChI=1S/C32H35NO7/c1-23-9-15-26(16-10-23)38-20-2-3-21-39-27-17-12-24(13-18-27)11-14-25-6-4-7-28-31(25)40-29(32(36)37)22-33(28)19-5-8-30(34)35/h4,6-7,9-18,29H,2-3,5,8,19-22H2,1H3,(H,34,35)(H,36,37)/b14-11+. The normalized spacial score (nSPS) is 14.4. The molecule has 0 amide bonds. The minimum atomic E-state index is -1.05. The van der Waals surface area contributed by atoms with Crippen LogP contribution in [0.5, 0.6) is 17.2 Å². The molecule has 3 aromatic rings. The highest BCUT2D eigenvalue weighted by Gasteiger charge is 2.31. The van der Waals surface area contributed by atoms with Crippen molar-refractivity contribution >= 4 is 29.8 Å². The van der Waals surface area contributed by atoms with Gasteiger partial charge in [0.15, 0.2) is 5.75 Å². The van der Waals surface area contributed by atoms with Gasteiger partial charge in [0, 0.05) is 18.5 Å². The summed E-state index contributed by atoms with van der Waals surface area (Å²) >= 11 is 0. The Kier molecular flexibility index (Phi) is 10.0. The van der Waals surface area contributed by atoms with E-state index >= 15 is 0 Å². The summed E-state index contributed by atoms with van der Waals surface area (Å²) in [6, 6.07) is 21.4. The van der Waals surface area contributed by atoms with Gasteiger partial charge in [-0.1, -0.05) is 54.1 Å². The Labute approximate surface area is 234 Å². The molecule has 1 unspecified atom stereocenters. The highest BCUT2D eigenvalue weighted by atomic mass is 16.5. The van der Waals surface area contributed by atoms with E-state index < -0.39 is 18.0 Å². The summed E-state index contributed by atoms with van der Waals surface area (Å²) in [5.74, 6) is 0.228. The maximum atomic E-state index is 11.7. The lowest BCUT2D eigenvalue weighted by Gasteiger charge is -2.35. The molecule has 0 fully saturated rings. The second-order valence-electron chi connectivity index (χ2n) is 9.70. The number of hydrogen-bond acceptors (Lipinski definition) is 6. The van der Waals surface area contributed by atoms with Crippen molar-refractivity contribution < 1.29 is 34.0 Å². The number of ether oxygens (including phenoxy) is 3. The van der Waals surface area contributed by atoms with Gasteiger partial charge in [0.05, 0.1) is 25.4 Å². The van der Waals surface area contributed by atoms with Gasteiger partial charge in [-0.25, -0.2) is 4.79 Å². The molecular formula is C32H35NO7. The van der Waals surface area contributed by atoms with E-state index in [1.807, 2.05) is 83.8 Å². The Morgan fingerprint density at radius 3 is 2.17 bits per heavy atom. The van der Waals surface area contributed by atoms with Crippen LogP contribution in [-0.4, -0.2) is 54.6 Å².